The maximum absolute atomic E-state index is 13.8. The van der Waals surface area contributed by atoms with Gasteiger partial charge in [-0.2, -0.15) is 26.3 Å². The summed E-state index contributed by atoms with van der Waals surface area (Å²) in [6.07, 6.45) is -8.59. The van der Waals surface area contributed by atoms with Gasteiger partial charge < -0.3 is 15.5 Å². The van der Waals surface area contributed by atoms with Crippen LogP contribution in [0.2, 0.25) is 0 Å². The first-order chi connectivity index (χ1) is 14.1. The minimum absolute atomic E-state index is 0.175. The number of alkyl halides is 6. The van der Waals surface area contributed by atoms with Gasteiger partial charge in [-0.25, -0.2) is 0 Å². The first-order valence-electron chi connectivity index (χ1n) is 9.24. The number of aryl methyl sites for hydroxylation is 1. The molecule has 1 heterocycles. The van der Waals surface area contributed by atoms with Crippen LogP contribution in [0.15, 0.2) is 36.4 Å². The molecule has 0 aliphatic heterocycles. The van der Waals surface area contributed by atoms with Crippen molar-refractivity contribution in [2.75, 3.05) is 13.7 Å². The molecule has 0 amide bonds. The van der Waals surface area contributed by atoms with E-state index in [9.17, 15) is 26.3 Å². The molecule has 0 saturated carbocycles. The third-order valence-corrected chi connectivity index (χ3v) is 4.89. The summed E-state index contributed by atoms with van der Waals surface area (Å²) in [5, 5.41) is -0.256. The van der Waals surface area contributed by atoms with Gasteiger partial charge in [-0.15, -0.1) is 0 Å². The van der Waals surface area contributed by atoms with E-state index in [2.05, 4.69) is 4.98 Å². The number of unbranched alkanes of at least 4 members (excludes halogenated alkanes) is 1. The molecule has 0 aliphatic rings. The second-order valence-corrected chi connectivity index (χ2v) is 6.87. The number of benzene rings is 2. The number of H-pyrrole nitrogens is 1. The van der Waals surface area contributed by atoms with E-state index in [0.29, 0.717) is 42.0 Å². The Labute approximate surface area is 168 Å². The minimum atomic E-state index is -4.96. The normalized spacial score (nSPS) is 12.5. The molecule has 3 nitrogen and oxygen atoms in total. The van der Waals surface area contributed by atoms with E-state index in [0.717, 1.165) is 6.07 Å². The summed E-state index contributed by atoms with van der Waals surface area (Å²) in [5.74, 6) is 0.397. The van der Waals surface area contributed by atoms with E-state index >= 15 is 0 Å². The summed E-state index contributed by atoms with van der Waals surface area (Å²) in [7, 11) is 1.42. The summed E-state index contributed by atoms with van der Waals surface area (Å²) in [5.41, 5.74) is 3.70. The fourth-order valence-corrected chi connectivity index (χ4v) is 3.57. The molecule has 3 N–H and O–H groups in total. The lowest BCUT2D eigenvalue weighted by Gasteiger charge is -2.14. The Morgan fingerprint density at radius 1 is 0.967 bits per heavy atom. The molecule has 162 valence electrons. The van der Waals surface area contributed by atoms with Gasteiger partial charge in [0.25, 0.3) is 0 Å². The van der Waals surface area contributed by atoms with Gasteiger partial charge in [0.1, 0.15) is 5.75 Å². The summed E-state index contributed by atoms with van der Waals surface area (Å²) in [6, 6.07) is 7.55. The maximum Gasteiger partial charge on any atom is 0.417 e. The SMILES string of the molecule is COc1ccccc1-c1[nH]c2cc(C(F)(F)F)cc(C(F)(F)F)c2c1CCCCN. The molecule has 9 heteroatoms. The zero-order valence-electron chi connectivity index (χ0n) is 16.0. The molecule has 0 radical (unpaired) electrons. The first-order valence-corrected chi connectivity index (χ1v) is 9.24. The second-order valence-electron chi connectivity index (χ2n) is 6.87. The molecule has 0 bridgehead atoms. The molecule has 0 spiro atoms. The molecule has 3 rings (SSSR count). The van der Waals surface area contributed by atoms with E-state index < -0.39 is 23.5 Å². The Morgan fingerprint density at radius 2 is 1.67 bits per heavy atom. The van der Waals surface area contributed by atoms with Crippen molar-refractivity contribution in [3.63, 3.8) is 0 Å². The van der Waals surface area contributed by atoms with Crippen molar-refractivity contribution >= 4 is 10.9 Å². The molecule has 3 aromatic rings. The third-order valence-electron chi connectivity index (χ3n) is 4.89. The number of hydrogen-bond acceptors (Lipinski definition) is 2. The molecule has 0 unspecified atom stereocenters. The Balaban J connectivity index is 2.37. The van der Waals surface area contributed by atoms with Gasteiger partial charge in [-0.3, -0.25) is 0 Å². The van der Waals surface area contributed by atoms with Crippen LogP contribution in [-0.4, -0.2) is 18.6 Å². The number of halogens is 6. The topological polar surface area (TPSA) is 51.0 Å². The fraction of sp³-hybridized carbons (Fsp3) is 0.333. The molecule has 30 heavy (non-hydrogen) atoms. The van der Waals surface area contributed by atoms with Crippen LogP contribution in [-0.2, 0) is 18.8 Å². The predicted octanol–water partition coefficient (Wildman–Crippen LogP) is 6.16. The van der Waals surface area contributed by atoms with Crippen LogP contribution in [0.5, 0.6) is 5.75 Å². The van der Waals surface area contributed by atoms with Gasteiger partial charge in [0, 0.05) is 16.5 Å². The Bertz CT molecular complexity index is 1040. The number of aromatic amines is 1. The van der Waals surface area contributed by atoms with Crippen molar-refractivity contribution in [1.29, 1.82) is 0 Å². The molecule has 0 atom stereocenters. The highest BCUT2D eigenvalue weighted by atomic mass is 19.4. The number of ether oxygens (including phenoxy) is 1. The summed E-state index contributed by atoms with van der Waals surface area (Å²) >= 11 is 0. The number of nitrogens with one attached hydrogen (secondary N) is 1. The fourth-order valence-electron chi connectivity index (χ4n) is 3.57. The zero-order valence-corrected chi connectivity index (χ0v) is 16.0. The summed E-state index contributed by atoms with van der Waals surface area (Å²) in [6.45, 7) is 0.358. The van der Waals surface area contributed by atoms with E-state index in [1.807, 2.05) is 0 Å². The third kappa shape index (κ3) is 4.26. The van der Waals surface area contributed by atoms with Crippen LogP contribution in [0.1, 0.15) is 29.5 Å². The molecule has 0 saturated heterocycles. The highest BCUT2D eigenvalue weighted by Gasteiger charge is 2.39. The molecule has 1 aromatic heterocycles. The number of aromatic nitrogens is 1. The highest BCUT2D eigenvalue weighted by Crippen LogP contribution is 2.44. The van der Waals surface area contributed by atoms with Gasteiger partial charge in [0.05, 0.1) is 23.9 Å². The number of hydrogen-bond donors (Lipinski definition) is 2. The number of rotatable bonds is 6. The van der Waals surface area contributed by atoms with Crippen molar-refractivity contribution in [1.82, 2.24) is 4.98 Å². The average molecular weight is 430 g/mol. The van der Waals surface area contributed by atoms with Crippen LogP contribution in [0, 0.1) is 0 Å². The number of fused-ring (bicyclic) bond motifs is 1. The van der Waals surface area contributed by atoms with Gasteiger partial charge in [-0.1, -0.05) is 12.1 Å². The second kappa shape index (κ2) is 8.22. The van der Waals surface area contributed by atoms with Crippen molar-refractivity contribution in [3.05, 3.63) is 53.1 Å². The van der Waals surface area contributed by atoms with Crippen molar-refractivity contribution in [2.24, 2.45) is 5.73 Å². The average Bonchev–Trinajstić information content (AvgIpc) is 3.04. The Kier molecular flexibility index (Phi) is 6.03. The van der Waals surface area contributed by atoms with Crippen molar-refractivity contribution < 1.29 is 31.1 Å². The zero-order chi connectivity index (χ0) is 22.1. The lowest BCUT2D eigenvalue weighted by Crippen LogP contribution is -2.11. The van der Waals surface area contributed by atoms with E-state index in [-0.39, 0.29) is 23.4 Å². The van der Waals surface area contributed by atoms with E-state index in [1.54, 1.807) is 24.3 Å². The standard InChI is InChI=1S/C21H20F6N2O/c1-30-17-8-3-2-6-13(17)19-14(7-4-5-9-28)18-15(21(25,26)27)10-12(20(22,23)24)11-16(18)29-19/h2-3,6,8,10-11,29H,4-5,7,9,28H2,1H3. The van der Waals surface area contributed by atoms with Crippen molar-refractivity contribution in [2.45, 2.75) is 31.6 Å². The quantitative estimate of drug-likeness (QED) is 0.363. The largest absolute Gasteiger partial charge is 0.496 e. The number of para-hydroxylation sites is 1. The monoisotopic (exact) mass is 430 g/mol. The molecule has 0 fully saturated rings. The lowest BCUT2D eigenvalue weighted by atomic mass is 9.95. The highest BCUT2D eigenvalue weighted by molar-refractivity contribution is 5.95. The summed E-state index contributed by atoms with van der Waals surface area (Å²) < 4.78 is 86.5. The van der Waals surface area contributed by atoms with E-state index in [4.69, 9.17) is 10.5 Å². The molecule has 2 aromatic carbocycles. The molecular weight excluding hydrogens is 410 g/mol. The van der Waals surface area contributed by atoms with Crippen LogP contribution in [0.4, 0.5) is 26.3 Å². The van der Waals surface area contributed by atoms with Gasteiger partial charge in [0.15, 0.2) is 0 Å². The van der Waals surface area contributed by atoms with Gasteiger partial charge in [0.2, 0.25) is 0 Å². The van der Waals surface area contributed by atoms with Gasteiger partial charge in [-0.05, 0) is 55.6 Å². The molecular formula is C21H20F6N2O. The van der Waals surface area contributed by atoms with E-state index in [1.165, 1.54) is 7.11 Å². The lowest BCUT2D eigenvalue weighted by molar-refractivity contribution is -0.142. The Morgan fingerprint density at radius 3 is 2.27 bits per heavy atom. The van der Waals surface area contributed by atoms with Crippen LogP contribution >= 0.6 is 0 Å². The van der Waals surface area contributed by atoms with Crippen LogP contribution < -0.4 is 10.5 Å². The Hall–Kier alpha value is -2.68. The van der Waals surface area contributed by atoms with Crippen LogP contribution in [0.3, 0.4) is 0 Å². The van der Waals surface area contributed by atoms with Gasteiger partial charge >= 0.3 is 12.4 Å². The first kappa shape index (κ1) is 22.0. The number of nitrogens with two attached hydrogens (primary N) is 1. The molecule has 0 aliphatic carbocycles. The number of methoxy groups -OCH3 is 1. The minimum Gasteiger partial charge on any atom is -0.496 e. The van der Waals surface area contributed by atoms with Crippen molar-refractivity contribution in [3.8, 4) is 17.0 Å². The van der Waals surface area contributed by atoms with Crippen LogP contribution in [0.25, 0.3) is 22.2 Å². The summed E-state index contributed by atoms with van der Waals surface area (Å²) in [4.78, 5) is 2.80. The maximum atomic E-state index is 13.8. The predicted molar refractivity (Wildman–Crippen MR) is 102 cm³/mol. The smallest absolute Gasteiger partial charge is 0.417 e.